The van der Waals surface area contributed by atoms with Crippen molar-refractivity contribution in [2.45, 2.75) is 6.18 Å². The molecule has 0 saturated carbocycles. The van der Waals surface area contributed by atoms with Crippen LogP contribution in [0.3, 0.4) is 0 Å². The predicted octanol–water partition coefficient (Wildman–Crippen LogP) is 3.02. The maximum Gasteiger partial charge on any atom is 0.417 e. The van der Waals surface area contributed by atoms with Gasteiger partial charge in [-0.05, 0) is 12.1 Å². The van der Waals surface area contributed by atoms with Crippen LogP contribution in [0.2, 0.25) is 0 Å². The van der Waals surface area contributed by atoms with E-state index in [4.69, 9.17) is 0 Å². The van der Waals surface area contributed by atoms with Gasteiger partial charge in [-0.15, -0.1) is 5.10 Å². The third-order valence-electron chi connectivity index (χ3n) is 4.28. The molecule has 0 saturated heterocycles. The number of benzene rings is 1. The molecule has 1 aromatic carbocycles. The highest BCUT2D eigenvalue weighted by Gasteiger charge is 2.30. The predicted molar refractivity (Wildman–Crippen MR) is 105 cm³/mol. The van der Waals surface area contributed by atoms with E-state index in [9.17, 15) is 18.0 Å². The number of fused-ring (bicyclic) bond motifs is 1. The minimum absolute atomic E-state index is 0.317. The molecular weight excluding hydrogens is 399 g/mol. The molecule has 30 heavy (non-hydrogen) atoms. The SMILES string of the molecule is O=c1[nH]nc2c(NCCNc3ccc(C(F)(F)F)cn3)nc(-c3ccccc3)cn12. The molecule has 8 nitrogen and oxygen atoms in total. The Morgan fingerprint density at radius 2 is 1.80 bits per heavy atom. The van der Waals surface area contributed by atoms with Gasteiger partial charge in [-0.3, -0.25) is 0 Å². The topological polar surface area (TPSA) is 100 Å². The summed E-state index contributed by atoms with van der Waals surface area (Å²) in [5, 5.41) is 12.4. The molecule has 3 aromatic heterocycles. The summed E-state index contributed by atoms with van der Waals surface area (Å²) in [5.41, 5.74) is 0.570. The molecule has 0 unspecified atom stereocenters. The minimum atomic E-state index is -4.42. The van der Waals surface area contributed by atoms with Gasteiger partial charge in [-0.25, -0.2) is 24.3 Å². The number of H-pyrrole nitrogens is 1. The second kappa shape index (κ2) is 7.85. The summed E-state index contributed by atoms with van der Waals surface area (Å²) >= 11 is 0. The van der Waals surface area contributed by atoms with Crippen molar-refractivity contribution in [3.05, 3.63) is 70.9 Å². The van der Waals surface area contributed by atoms with Crippen molar-refractivity contribution in [3.8, 4) is 11.3 Å². The van der Waals surface area contributed by atoms with Crippen molar-refractivity contribution in [1.82, 2.24) is 24.6 Å². The maximum absolute atomic E-state index is 12.6. The van der Waals surface area contributed by atoms with Crippen molar-refractivity contribution in [3.63, 3.8) is 0 Å². The van der Waals surface area contributed by atoms with E-state index < -0.39 is 11.7 Å². The van der Waals surface area contributed by atoms with Gasteiger partial charge in [0.2, 0.25) is 5.65 Å². The summed E-state index contributed by atoms with van der Waals surface area (Å²) in [6.07, 6.45) is -2.04. The number of nitrogens with one attached hydrogen (secondary N) is 3. The smallest absolute Gasteiger partial charge is 0.368 e. The second-order valence-corrected chi connectivity index (χ2v) is 6.35. The summed E-state index contributed by atoms with van der Waals surface area (Å²) in [7, 11) is 0. The van der Waals surface area contributed by atoms with Crippen LogP contribution >= 0.6 is 0 Å². The third kappa shape index (κ3) is 4.09. The van der Waals surface area contributed by atoms with Crippen molar-refractivity contribution < 1.29 is 13.2 Å². The summed E-state index contributed by atoms with van der Waals surface area (Å²) < 4.78 is 39.1. The Balaban J connectivity index is 1.47. The minimum Gasteiger partial charge on any atom is -0.368 e. The van der Waals surface area contributed by atoms with Gasteiger partial charge in [0.1, 0.15) is 5.82 Å². The van der Waals surface area contributed by atoms with Crippen LogP contribution in [0.4, 0.5) is 24.8 Å². The third-order valence-corrected chi connectivity index (χ3v) is 4.28. The zero-order valence-electron chi connectivity index (χ0n) is 15.4. The molecule has 0 fully saturated rings. The molecule has 3 heterocycles. The van der Waals surface area contributed by atoms with Crippen molar-refractivity contribution >= 4 is 17.3 Å². The van der Waals surface area contributed by atoms with Crippen LogP contribution in [0.5, 0.6) is 0 Å². The van der Waals surface area contributed by atoms with Gasteiger partial charge in [0, 0.05) is 31.0 Å². The molecule has 4 aromatic rings. The number of rotatable bonds is 6. The molecule has 0 spiro atoms. The number of aromatic amines is 1. The number of pyridine rings is 1. The Bertz CT molecular complexity index is 1200. The fraction of sp³-hybridized carbons (Fsp3) is 0.158. The van der Waals surface area contributed by atoms with E-state index in [1.165, 1.54) is 10.5 Å². The molecule has 154 valence electrons. The number of halogens is 3. The average Bonchev–Trinajstić information content (AvgIpc) is 3.12. The van der Waals surface area contributed by atoms with E-state index in [1.807, 2.05) is 30.3 Å². The van der Waals surface area contributed by atoms with Crippen LogP contribution in [0.25, 0.3) is 16.9 Å². The number of nitrogens with zero attached hydrogens (tertiary/aromatic N) is 4. The quantitative estimate of drug-likeness (QED) is 0.419. The molecule has 0 aliphatic heterocycles. The normalized spacial score (nSPS) is 11.6. The highest BCUT2D eigenvalue weighted by atomic mass is 19.4. The highest BCUT2D eigenvalue weighted by molar-refractivity contribution is 5.68. The van der Waals surface area contributed by atoms with Gasteiger partial charge < -0.3 is 10.6 Å². The van der Waals surface area contributed by atoms with Gasteiger partial charge in [-0.1, -0.05) is 30.3 Å². The van der Waals surface area contributed by atoms with Crippen LogP contribution in [0, 0.1) is 0 Å². The first-order valence-electron chi connectivity index (χ1n) is 8.96. The highest BCUT2D eigenvalue weighted by Crippen LogP contribution is 2.28. The lowest BCUT2D eigenvalue weighted by atomic mass is 10.2. The van der Waals surface area contributed by atoms with Gasteiger partial charge in [0.15, 0.2) is 5.82 Å². The number of anilines is 2. The van der Waals surface area contributed by atoms with Crippen molar-refractivity contribution in [2.24, 2.45) is 0 Å². The van der Waals surface area contributed by atoms with E-state index in [1.54, 1.807) is 6.20 Å². The lowest BCUT2D eigenvalue weighted by molar-refractivity contribution is -0.137. The summed E-state index contributed by atoms with van der Waals surface area (Å²) in [5.74, 6) is 0.716. The molecule has 3 N–H and O–H groups in total. The van der Waals surface area contributed by atoms with E-state index in [0.717, 1.165) is 17.8 Å². The second-order valence-electron chi connectivity index (χ2n) is 6.35. The summed E-state index contributed by atoms with van der Waals surface area (Å²) in [4.78, 5) is 20.3. The van der Waals surface area contributed by atoms with Crippen LogP contribution < -0.4 is 16.3 Å². The zero-order valence-corrected chi connectivity index (χ0v) is 15.4. The van der Waals surface area contributed by atoms with Crippen LogP contribution in [0.1, 0.15) is 5.56 Å². The molecule has 0 radical (unpaired) electrons. The van der Waals surface area contributed by atoms with Crippen LogP contribution in [0.15, 0.2) is 59.7 Å². The van der Waals surface area contributed by atoms with E-state index in [0.29, 0.717) is 36.1 Å². The molecule has 11 heteroatoms. The van der Waals surface area contributed by atoms with Crippen LogP contribution in [-0.2, 0) is 6.18 Å². The Morgan fingerprint density at radius 3 is 2.50 bits per heavy atom. The fourth-order valence-electron chi connectivity index (χ4n) is 2.82. The summed E-state index contributed by atoms with van der Waals surface area (Å²) in [6, 6.07) is 11.6. The first kappa shape index (κ1) is 19.4. The van der Waals surface area contributed by atoms with Crippen molar-refractivity contribution in [1.29, 1.82) is 0 Å². The Labute approximate surface area is 167 Å². The molecule has 4 rings (SSSR count). The van der Waals surface area contributed by atoms with Gasteiger partial charge in [0.25, 0.3) is 0 Å². The molecule has 0 atom stereocenters. The lowest BCUT2D eigenvalue weighted by Gasteiger charge is -2.11. The Kier molecular flexibility index (Phi) is 5.09. The summed E-state index contributed by atoms with van der Waals surface area (Å²) in [6.45, 7) is 0.723. The maximum atomic E-state index is 12.6. The monoisotopic (exact) mass is 415 g/mol. The Morgan fingerprint density at radius 1 is 1.03 bits per heavy atom. The van der Waals surface area contributed by atoms with Crippen molar-refractivity contribution in [2.75, 3.05) is 23.7 Å². The molecule has 0 aliphatic carbocycles. The largest absolute Gasteiger partial charge is 0.417 e. The molecule has 0 amide bonds. The van der Waals surface area contributed by atoms with E-state index in [-0.39, 0.29) is 5.69 Å². The van der Waals surface area contributed by atoms with Crippen LogP contribution in [-0.4, -0.2) is 37.7 Å². The average molecular weight is 415 g/mol. The lowest BCUT2D eigenvalue weighted by Crippen LogP contribution is -2.17. The van der Waals surface area contributed by atoms with Gasteiger partial charge in [-0.2, -0.15) is 13.2 Å². The first-order valence-corrected chi connectivity index (χ1v) is 8.96. The Hall–Kier alpha value is -3.89. The van der Waals surface area contributed by atoms with Gasteiger partial charge >= 0.3 is 11.9 Å². The number of alkyl halides is 3. The molecule has 0 aliphatic rings. The zero-order chi connectivity index (χ0) is 21.1. The number of hydrogen-bond acceptors (Lipinski definition) is 6. The number of aromatic nitrogens is 5. The first-order chi connectivity index (χ1) is 14.4. The van der Waals surface area contributed by atoms with E-state index >= 15 is 0 Å². The fourth-order valence-corrected chi connectivity index (χ4v) is 2.82. The van der Waals surface area contributed by atoms with Gasteiger partial charge in [0.05, 0.1) is 11.3 Å². The van der Waals surface area contributed by atoms with E-state index in [2.05, 4.69) is 30.8 Å². The molecule has 0 bridgehead atoms. The number of hydrogen-bond donors (Lipinski definition) is 3. The molecular formula is C19H16F3N7O. The standard InChI is InChI=1S/C19H16F3N7O/c20-19(21,22)13-6-7-15(25-10-13)23-8-9-24-16-17-27-28-18(30)29(17)11-14(26-16)12-4-2-1-3-5-12/h1-7,10-11H,8-9H2,(H,23,25)(H,24,26)(H,28,30).